The lowest BCUT2D eigenvalue weighted by molar-refractivity contribution is -0.113. The Morgan fingerprint density at radius 1 is 1.22 bits per heavy atom. The minimum Gasteiger partial charge on any atom is -0.325 e. The summed E-state index contributed by atoms with van der Waals surface area (Å²) in [5.41, 5.74) is 1.64. The van der Waals surface area contributed by atoms with Gasteiger partial charge in [-0.05, 0) is 53.7 Å². The maximum Gasteiger partial charge on any atom is 0.234 e. The van der Waals surface area contributed by atoms with Gasteiger partial charge < -0.3 is 5.32 Å². The Labute approximate surface area is 160 Å². The molecular weight excluding hydrogens is 360 g/mol. The van der Waals surface area contributed by atoms with E-state index in [9.17, 15) is 4.79 Å². The van der Waals surface area contributed by atoms with E-state index in [0.717, 1.165) is 27.7 Å². The number of hydrogen-bond donors (Lipinski definition) is 1. The highest BCUT2D eigenvalue weighted by atomic mass is 32.2. The first-order valence-electron chi connectivity index (χ1n) is 9.32. The second kappa shape index (κ2) is 6.92. The van der Waals surface area contributed by atoms with Crippen molar-refractivity contribution in [3.63, 3.8) is 0 Å². The number of carbonyl (C=O) groups excluding carboxylic acids is 1. The molecule has 0 aliphatic heterocycles. The third-order valence-corrected chi connectivity index (χ3v) is 6.67. The van der Waals surface area contributed by atoms with Crippen molar-refractivity contribution in [2.45, 2.75) is 36.9 Å². The summed E-state index contributed by atoms with van der Waals surface area (Å²) in [6.45, 7) is 0. The van der Waals surface area contributed by atoms with Gasteiger partial charge in [-0.25, -0.2) is 4.68 Å². The van der Waals surface area contributed by atoms with Crippen LogP contribution in [-0.4, -0.2) is 36.9 Å². The van der Waals surface area contributed by atoms with Gasteiger partial charge in [-0.2, -0.15) is 0 Å². The molecule has 7 nitrogen and oxygen atoms in total. The van der Waals surface area contributed by atoms with Gasteiger partial charge in [0.25, 0.3) is 0 Å². The molecule has 3 aromatic rings. The van der Waals surface area contributed by atoms with Gasteiger partial charge in [0.15, 0.2) is 0 Å². The highest BCUT2D eigenvalue weighted by molar-refractivity contribution is 7.99. The van der Waals surface area contributed by atoms with Crippen LogP contribution in [0.3, 0.4) is 0 Å². The lowest BCUT2D eigenvalue weighted by Crippen LogP contribution is -2.19. The first-order chi connectivity index (χ1) is 13.3. The fourth-order valence-corrected chi connectivity index (χ4v) is 5.25. The molecule has 2 fully saturated rings. The summed E-state index contributed by atoms with van der Waals surface area (Å²) in [6, 6.07) is 9.99. The first-order valence-corrected chi connectivity index (χ1v) is 10.3. The molecule has 1 N–H and O–H groups in total. The molecule has 0 saturated heterocycles. The van der Waals surface area contributed by atoms with Crippen LogP contribution in [0.1, 0.15) is 31.7 Å². The van der Waals surface area contributed by atoms with E-state index in [4.69, 9.17) is 0 Å². The maximum atomic E-state index is 12.5. The molecule has 27 heavy (non-hydrogen) atoms. The summed E-state index contributed by atoms with van der Waals surface area (Å²) in [6.07, 6.45) is 6.78. The number of hydrogen-bond acceptors (Lipinski definition) is 6. The lowest BCUT2D eigenvalue weighted by atomic mass is 9.96. The summed E-state index contributed by atoms with van der Waals surface area (Å²) >= 11 is 1.40. The van der Waals surface area contributed by atoms with Crippen LogP contribution in [0.2, 0.25) is 0 Å². The van der Waals surface area contributed by atoms with Crippen molar-refractivity contribution in [2.24, 2.45) is 11.8 Å². The zero-order valence-corrected chi connectivity index (χ0v) is 15.6. The number of carbonyl (C=O) groups is 1. The summed E-state index contributed by atoms with van der Waals surface area (Å²) in [7, 11) is 0. The SMILES string of the molecule is O=C(CSc1nnnn1[C@H]1C[C@@H]2CC[C@@H]1C2)Nc1ccnc2ccccc12. The highest BCUT2D eigenvalue weighted by Crippen LogP contribution is 2.50. The van der Waals surface area contributed by atoms with Crippen LogP contribution in [0, 0.1) is 11.8 Å². The third-order valence-electron chi connectivity index (χ3n) is 5.73. The van der Waals surface area contributed by atoms with Crippen LogP contribution in [0.25, 0.3) is 10.9 Å². The molecule has 2 aromatic heterocycles. The molecular formula is C19H20N6OS. The molecule has 0 unspecified atom stereocenters. The number of tetrazole rings is 1. The molecule has 1 amide bonds. The van der Waals surface area contributed by atoms with E-state index in [0.29, 0.717) is 12.0 Å². The minimum absolute atomic E-state index is 0.0705. The fourth-order valence-electron chi connectivity index (χ4n) is 4.52. The van der Waals surface area contributed by atoms with Crippen LogP contribution < -0.4 is 5.32 Å². The molecule has 2 heterocycles. The van der Waals surface area contributed by atoms with Gasteiger partial charge in [-0.3, -0.25) is 9.78 Å². The van der Waals surface area contributed by atoms with Gasteiger partial charge in [0.1, 0.15) is 0 Å². The average Bonchev–Trinajstić information content (AvgIpc) is 3.43. The number of nitrogens with one attached hydrogen (secondary N) is 1. The predicted molar refractivity (Wildman–Crippen MR) is 103 cm³/mol. The van der Waals surface area contributed by atoms with Gasteiger partial charge in [-0.1, -0.05) is 36.4 Å². The summed E-state index contributed by atoms with van der Waals surface area (Å²) in [5, 5.41) is 16.9. The topological polar surface area (TPSA) is 85.6 Å². The quantitative estimate of drug-likeness (QED) is 0.684. The van der Waals surface area contributed by atoms with Gasteiger partial charge in [0.2, 0.25) is 11.1 Å². The largest absolute Gasteiger partial charge is 0.325 e. The van der Waals surface area contributed by atoms with Crippen LogP contribution in [0.15, 0.2) is 41.7 Å². The molecule has 1 aromatic carbocycles. The van der Waals surface area contributed by atoms with Crippen molar-refractivity contribution in [1.82, 2.24) is 25.2 Å². The predicted octanol–water partition coefficient (Wildman–Crippen LogP) is 3.31. The number of pyridine rings is 1. The van der Waals surface area contributed by atoms with Gasteiger partial charge in [0.05, 0.1) is 23.0 Å². The zero-order valence-electron chi connectivity index (χ0n) is 14.8. The molecule has 0 spiro atoms. The number of aromatic nitrogens is 5. The van der Waals surface area contributed by atoms with E-state index in [2.05, 4.69) is 25.8 Å². The Morgan fingerprint density at radius 3 is 3.00 bits per heavy atom. The fraction of sp³-hybridized carbons (Fsp3) is 0.421. The summed E-state index contributed by atoms with van der Waals surface area (Å²) in [5.74, 6) is 1.72. The Bertz CT molecular complexity index is 984. The van der Waals surface area contributed by atoms with E-state index in [1.165, 1.54) is 37.4 Å². The van der Waals surface area contributed by atoms with Gasteiger partial charge in [-0.15, -0.1) is 5.10 Å². The second-order valence-corrected chi connectivity index (χ2v) is 8.30. The van der Waals surface area contributed by atoms with Crippen LogP contribution in [0.5, 0.6) is 0 Å². The van der Waals surface area contributed by atoms with E-state index in [1.54, 1.807) is 6.20 Å². The Morgan fingerprint density at radius 2 is 2.15 bits per heavy atom. The number of nitrogens with zero attached hydrogens (tertiary/aromatic N) is 5. The number of thioether (sulfide) groups is 1. The molecule has 2 saturated carbocycles. The van der Waals surface area contributed by atoms with E-state index < -0.39 is 0 Å². The van der Waals surface area contributed by atoms with Crippen molar-refractivity contribution in [1.29, 1.82) is 0 Å². The van der Waals surface area contributed by atoms with Gasteiger partial charge >= 0.3 is 0 Å². The van der Waals surface area contributed by atoms with Crippen molar-refractivity contribution in [3.8, 4) is 0 Å². The van der Waals surface area contributed by atoms with Crippen LogP contribution in [-0.2, 0) is 4.79 Å². The summed E-state index contributed by atoms with van der Waals surface area (Å²) in [4.78, 5) is 16.8. The van der Waals surface area contributed by atoms with E-state index >= 15 is 0 Å². The molecule has 2 bridgehead atoms. The lowest BCUT2D eigenvalue weighted by Gasteiger charge is -2.22. The van der Waals surface area contributed by atoms with Crippen LogP contribution >= 0.6 is 11.8 Å². The number of fused-ring (bicyclic) bond motifs is 3. The number of benzene rings is 1. The Kier molecular flexibility index (Phi) is 4.27. The molecule has 5 rings (SSSR count). The average molecular weight is 380 g/mol. The second-order valence-electron chi connectivity index (χ2n) is 7.36. The van der Waals surface area contributed by atoms with E-state index in [-0.39, 0.29) is 11.7 Å². The monoisotopic (exact) mass is 380 g/mol. The number of para-hydroxylation sites is 1. The van der Waals surface area contributed by atoms with Gasteiger partial charge in [0, 0.05) is 11.6 Å². The molecule has 8 heteroatoms. The maximum absolute atomic E-state index is 12.5. The number of amides is 1. The van der Waals surface area contributed by atoms with Crippen LogP contribution in [0.4, 0.5) is 5.69 Å². The molecule has 3 atom stereocenters. The zero-order chi connectivity index (χ0) is 18.2. The molecule has 0 radical (unpaired) electrons. The number of anilines is 1. The Balaban J connectivity index is 1.26. The molecule has 2 aliphatic rings. The smallest absolute Gasteiger partial charge is 0.234 e. The third kappa shape index (κ3) is 3.18. The molecule has 138 valence electrons. The first kappa shape index (κ1) is 16.7. The standard InChI is InChI=1S/C19H20N6OS/c26-18(21-16-7-8-20-15-4-2-1-3-14(15)16)11-27-19-22-23-24-25(19)17-10-12-5-6-13(17)9-12/h1-4,7-8,12-13,17H,5-6,9-11H2,(H,20,21,26)/t12-,13-,17+/m1/s1. The van der Waals surface area contributed by atoms with Crippen molar-refractivity contribution in [3.05, 3.63) is 36.5 Å². The molecule has 2 aliphatic carbocycles. The summed E-state index contributed by atoms with van der Waals surface area (Å²) < 4.78 is 1.95. The van der Waals surface area contributed by atoms with Crippen molar-refractivity contribution in [2.75, 3.05) is 11.1 Å². The van der Waals surface area contributed by atoms with E-state index in [1.807, 2.05) is 35.0 Å². The number of rotatable bonds is 5. The Hall–Kier alpha value is -2.48. The van der Waals surface area contributed by atoms with Crippen molar-refractivity contribution >= 4 is 34.3 Å². The minimum atomic E-state index is -0.0705. The normalized spacial score (nSPS) is 23.8. The van der Waals surface area contributed by atoms with Crippen molar-refractivity contribution < 1.29 is 4.79 Å². The highest BCUT2D eigenvalue weighted by Gasteiger charge is 2.42.